The molecule has 1 aliphatic rings. The van der Waals surface area contributed by atoms with Gasteiger partial charge in [-0.1, -0.05) is 30.3 Å². The van der Waals surface area contributed by atoms with Crippen molar-refractivity contribution in [1.29, 1.82) is 0 Å². The second-order valence-corrected chi connectivity index (χ2v) is 6.27. The van der Waals surface area contributed by atoms with E-state index in [0.29, 0.717) is 25.4 Å². The second-order valence-electron chi connectivity index (χ2n) is 6.09. The highest BCUT2D eigenvalue weighted by atomic mass is 32.1. The lowest BCUT2D eigenvalue weighted by Crippen LogP contribution is -2.23. The molecule has 0 saturated carbocycles. The Morgan fingerprint density at radius 2 is 1.96 bits per heavy atom. The van der Waals surface area contributed by atoms with E-state index in [-0.39, 0.29) is 11.8 Å². The highest BCUT2D eigenvalue weighted by Gasteiger charge is 2.32. The van der Waals surface area contributed by atoms with Crippen molar-refractivity contribution in [3.8, 4) is 0 Å². The first kappa shape index (κ1) is 18.6. The minimum Gasteiger partial charge on any atom is -0.372 e. The van der Waals surface area contributed by atoms with Crippen LogP contribution in [0.25, 0.3) is 0 Å². The molecule has 1 atom stereocenters. The van der Waals surface area contributed by atoms with Crippen LogP contribution in [0.4, 0.5) is 24.5 Å². The number of aliphatic imine (C=N–C) groups is 1. The number of rotatable bonds is 5. The Morgan fingerprint density at radius 3 is 2.65 bits per heavy atom. The van der Waals surface area contributed by atoms with Crippen molar-refractivity contribution in [1.82, 2.24) is 0 Å². The zero-order chi connectivity index (χ0) is 18.6. The molecule has 0 N–H and O–H groups in total. The quantitative estimate of drug-likeness (QED) is 0.526. The molecule has 1 saturated heterocycles. The van der Waals surface area contributed by atoms with E-state index in [1.165, 1.54) is 0 Å². The van der Waals surface area contributed by atoms with Crippen molar-refractivity contribution in [3.05, 3.63) is 59.7 Å². The highest BCUT2D eigenvalue weighted by Crippen LogP contribution is 2.36. The van der Waals surface area contributed by atoms with E-state index in [0.717, 1.165) is 24.1 Å². The molecule has 0 bridgehead atoms. The van der Waals surface area contributed by atoms with Crippen LogP contribution in [0, 0.1) is 0 Å². The summed E-state index contributed by atoms with van der Waals surface area (Å²) in [6, 6.07) is 13.5. The van der Waals surface area contributed by atoms with Gasteiger partial charge in [0.2, 0.25) is 0 Å². The fourth-order valence-corrected chi connectivity index (χ4v) is 3.05. The van der Waals surface area contributed by atoms with Gasteiger partial charge in [-0.15, -0.1) is 0 Å². The number of nitrogens with zero attached hydrogens (tertiary/aromatic N) is 2. The Morgan fingerprint density at radius 1 is 1.19 bits per heavy atom. The standard InChI is InChI=1S/C19H17F3N2OS/c20-19(21,22)15-8-16(23-13-26)10-17(9-15)24-7-6-18(11-24)25-12-14-4-2-1-3-5-14/h1-5,8-10,18H,6-7,11-12H2/t18-/m1/s1. The van der Waals surface area contributed by atoms with Gasteiger partial charge < -0.3 is 9.64 Å². The molecule has 136 valence electrons. The lowest BCUT2D eigenvalue weighted by Gasteiger charge is -2.21. The molecule has 0 aromatic heterocycles. The zero-order valence-corrected chi connectivity index (χ0v) is 14.7. The lowest BCUT2D eigenvalue weighted by atomic mass is 10.1. The molecule has 0 amide bonds. The van der Waals surface area contributed by atoms with Crippen LogP contribution < -0.4 is 4.90 Å². The maximum Gasteiger partial charge on any atom is 0.416 e. The first-order valence-corrected chi connectivity index (χ1v) is 8.57. The van der Waals surface area contributed by atoms with Gasteiger partial charge >= 0.3 is 6.18 Å². The molecule has 0 spiro atoms. The minimum absolute atomic E-state index is 0.0257. The first-order valence-electron chi connectivity index (χ1n) is 8.16. The van der Waals surface area contributed by atoms with Crippen LogP contribution in [0.1, 0.15) is 17.5 Å². The number of anilines is 1. The Labute approximate surface area is 155 Å². The molecule has 0 aliphatic carbocycles. The molecule has 2 aromatic rings. The topological polar surface area (TPSA) is 24.8 Å². The Bertz CT molecular complexity index is 804. The Hall–Kier alpha value is -2.21. The van der Waals surface area contributed by atoms with Crippen molar-refractivity contribution in [2.24, 2.45) is 4.99 Å². The van der Waals surface area contributed by atoms with Gasteiger partial charge in [0.25, 0.3) is 0 Å². The van der Waals surface area contributed by atoms with Crippen LogP contribution in [0.15, 0.2) is 53.5 Å². The monoisotopic (exact) mass is 378 g/mol. The molecule has 0 radical (unpaired) electrons. The van der Waals surface area contributed by atoms with Gasteiger partial charge in [-0.3, -0.25) is 0 Å². The summed E-state index contributed by atoms with van der Waals surface area (Å²) in [4.78, 5) is 5.60. The summed E-state index contributed by atoms with van der Waals surface area (Å²) in [5, 5.41) is 2.13. The van der Waals surface area contributed by atoms with Crippen molar-refractivity contribution in [2.45, 2.75) is 25.3 Å². The van der Waals surface area contributed by atoms with E-state index >= 15 is 0 Å². The van der Waals surface area contributed by atoms with Crippen LogP contribution in [0.3, 0.4) is 0 Å². The summed E-state index contributed by atoms with van der Waals surface area (Å²) in [6.07, 6.45) is -3.71. The molecule has 0 unspecified atom stereocenters. The van der Waals surface area contributed by atoms with Crippen LogP contribution in [0.2, 0.25) is 0 Å². The Kier molecular flexibility index (Phi) is 5.71. The van der Waals surface area contributed by atoms with E-state index in [2.05, 4.69) is 22.4 Å². The fraction of sp³-hybridized carbons (Fsp3) is 0.316. The van der Waals surface area contributed by atoms with Crippen molar-refractivity contribution in [2.75, 3.05) is 18.0 Å². The zero-order valence-electron chi connectivity index (χ0n) is 13.9. The van der Waals surface area contributed by atoms with Crippen LogP contribution in [0.5, 0.6) is 0 Å². The van der Waals surface area contributed by atoms with Gasteiger partial charge in [0.15, 0.2) is 0 Å². The smallest absolute Gasteiger partial charge is 0.372 e. The number of alkyl halides is 3. The number of benzene rings is 2. The first-order chi connectivity index (χ1) is 12.5. The number of halogens is 3. The van der Waals surface area contributed by atoms with E-state index in [1.54, 1.807) is 6.07 Å². The lowest BCUT2D eigenvalue weighted by molar-refractivity contribution is -0.137. The van der Waals surface area contributed by atoms with E-state index < -0.39 is 11.7 Å². The van der Waals surface area contributed by atoms with Gasteiger partial charge in [0.1, 0.15) is 0 Å². The molecule has 1 heterocycles. The maximum absolute atomic E-state index is 13.1. The van der Waals surface area contributed by atoms with E-state index in [9.17, 15) is 13.2 Å². The molecule has 2 aromatic carbocycles. The number of ether oxygens (including phenoxy) is 1. The summed E-state index contributed by atoms with van der Waals surface area (Å²) in [6.45, 7) is 1.65. The average molecular weight is 378 g/mol. The summed E-state index contributed by atoms with van der Waals surface area (Å²) < 4.78 is 45.3. The summed E-state index contributed by atoms with van der Waals surface area (Å²) in [5.74, 6) is 0. The number of hydrogen-bond acceptors (Lipinski definition) is 4. The van der Waals surface area contributed by atoms with Crippen LogP contribution in [-0.2, 0) is 17.5 Å². The molecule has 1 fully saturated rings. The third-order valence-electron chi connectivity index (χ3n) is 4.24. The SMILES string of the molecule is FC(F)(F)c1cc(N=C=S)cc(N2CC[C@@H](OCc3ccccc3)C2)c1. The van der Waals surface area contributed by atoms with Gasteiger partial charge in [-0.2, -0.15) is 18.2 Å². The predicted octanol–water partition coefficient (Wildman–Crippen LogP) is 5.24. The summed E-state index contributed by atoms with van der Waals surface area (Å²) in [7, 11) is 0. The maximum atomic E-state index is 13.1. The predicted molar refractivity (Wildman–Crippen MR) is 98.0 cm³/mol. The van der Waals surface area contributed by atoms with Gasteiger partial charge in [0.05, 0.1) is 29.1 Å². The molecule has 3 rings (SSSR count). The third-order valence-corrected chi connectivity index (χ3v) is 4.33. The molecular formula is C19H17F3N2OS. The van der Waals surface area contributed by atoms with Gasteiger partial charge in [-0.25, -0.2) is 0 Å². The van der Waals surface area contributed by atoms with Crippen LogP contribution in [-0.4, -0.2) is 24.4 Å². The highest BCUT2D eigenvalue weighted by molar-refractivity contribution is 7.78. The van der Waals surface area contributed by atoms with Crippen LogP contribution >= 0.6 is 12.2 Å². The van der Waals surface area contributed by atoms with Crippen molar-refractivity contribution < 1.29 is 17.9 Å². The fourth-order valence-electron chi connectivity index (χ4n) is 2.95. The van der Waals surface area contributed by atoms with Crippen molar-refractivity contribution in [3.63, 3.8) is 0 Å². The Balaban J connectivity index is 1.71. The number of thiocarbonyl (C=S) groups is 1. The molecule has 3 nitrogen and oxygen atoms in total. The molecule has 1 aliphatic heterocycles. The molecular weight excluding hydrogens is 361 g/mol. The largest absolute Gasteiger partial charge is 0.416 e. The van der Waals surface area contributed by atoms with Gasteiger partial charge in [0, 0.05) is 18.8 Å². The van der Waals surface area contributed by atoms with Crippen molar-refractivity contribution >= 4 is 28.8 Å². The summed E-state index contributed by atoms with van der Waals surface area (Å²) in [5.41, 5.74) is 0.948. The average Bonchev–Trinajstić information content (AvgIpc) is 3.09. The number of hydrogen-bond donors (Lipinski definition) is 0. The third kappa shape index (κ3) is 4.69. The number of isothiocyanates is 1. The minimum atomic E-state index is -4.44. The second kappa shape index (κ2) is 7.99. The normalized spacial score (nSPS) is 17.2. The molecule has 7 heteroatoms. The van der Waals surface area contributed by atoms with E-state index in [4.69, 9.17) is 4.74 Å². The molecule has 26 heavy (non-hydrogen) atoms. The van der Waals surface area contributed by atoms with E-state index in [1.807, 2.05) is 35.2 Å². The van der Waals surface area contributed by atoms with Gasteiger partial charge in [-0.05, 0) is 42.4 Å². The summed E-state index contributed by atoms with van der Waals surface area (Å²) >= 11 is 4.52.